The maximum atomic E-state index is 5.50. The van der Waals surface area contributed by atoms with E-state index in [0.29, 0.717) is 0 Å². The molecular formula is C17H26N2OS. The second kappa shape index (κ2) is 6.37. The second-order valence-corrected chi connectivity index (χ2v) is 7.64. The first kappa shape index (κ1) is 14.2. The SMILES string of the molecule is c1cc(CN2CC[C@@H]3[C@H]2CCN3CC2CCOCC2)cs1. The van der Waals surface area contributed by atoms with Gasteiger partial charge in [-0.05, 0) is 54.0 Å². The molecule has 0 spiro atoms. The van der Waals surface area contributed by atoms with Crippen molar-refractivity contribution in [1.82, 2.24) is 9.80 Å². The third-order valence-corrected chi connectivity index (χ3v) is 6.34. The van der Waals surface area contributed by atoms with Crippen LogP contribution >= 0.6 is 11.3 Å². The molecular weight excluding hydrogens is 280 g/mol. The number of hydrogen-bond acceptors (Lipinski definition) is 4. The average Bonchev–Trinajstić information content (AvgIpc) is 3.21. The van der Waals surface area contributed by atoms with E-state index in [-0.39, 0.29) is 0 Å². The van der Waals surface area contributed by atoms with Crippen LogP contribution in [0.5, 0.6) is 0 Å². The summed E-state index contributed by atoms with van der Waals surface area (Å²) < 4.78 is 5.50. The van der Waals surface area contributed by atoms with Gasteiger partial charge >= 0.3 is 0 Å². The van der Waals surface area contributed by atoms with Crippen molar-refractivity contribution in [3.63, 3.8) is 0 Å². The number of nitrogens with zero attached hydrogens (tertiary/aromatic N) is 2. The molecule has 0 unspecified atom stereocenters. The van der Waals surface area contributed by atoms with Crippen molar-refractivity contribution in [2.45, 2.75) is 44.3 Å². The van der Waals surface area contributed by atoms with Gasteiger partial charge in [-0.25, -0.2) is 0 Å². The lowest BCUT2D eigenvalue weighted by molar-refractivity contribution is 0.0504. The van der Waals surface area contributed by atoms with E-state index < -0.39 is 0 Å². The highest BCUT2D eigenvalue weighted by molar-refractivity contribution is 7.07. The number of rotatable bonds is 4. The number of fused-ring (bicyclic) bond motifs is 1. The predicted molar refractivity (Wildman–Crippen MR) is 86.7 cm³/mol. The van der Waals surface area contributed by atoms with Gasteiger partial charge in [-0.3, -0.25) is 9.80 Å². The van der Waals surface area contributed by atoms with E-state index in [1.54, 1.807) is 0 Å². The van der Waals surface area contributed by atoms with Gasteiger partial charge in [0, 0.05) is 51.5 Å². The monoisotopic (exact) mass is 306 g/mol. The van der Waals surface area contributed by atoms with Gasteiger partial charge in [-0.15, -0.1) is 0 Å². The summed E-state index contributed by atoms with van der Waals surface area (Å²) in [5.41, 5.74) is 1.50. The lowest BCUT2D eigenvalue weighted by atomic mass is 9.99. The van der Waals surface area contributed by atoms with E-state index in [2.05, 4.69) is 26.6 Å². The minimum atomic E-state index is 0.810. The largest absolute Gasteiger partial charge is 0.381 e. The lowest BCUT2D eigenvalue weighted by Gasteiger charge is -2.30. The molecule has 0 saturated carbocycles. The molecule has 4 rings (SSSR count). The van der Waals surface area contributed by atoms with Crippen LogP contribution in [0.1, 0.15) is 31.2 Å². The molecule has 0 amide bonds. The zero-order chi connectivity index (χ0) is 14.1. The second-order valence-electron chi connectivity index (χ2n) is 6.86. The number of thiophene rings is 1. The molecule has 116 valence electrons. The van der Waals surface area contributed by atoms with Crippen molar-refractivity contribution < 1.29 is 4.74 Å². The van der Waals surface area contributed by atoms with Crippen LogP contribution in [0.2, 0.25) is 0 Å². The summed E-state index contributed by atoms with van der Waals surface area (Å²) in [5, 5.41) is 4.51. The maximum absolute atomic E-state index is 5.50. The molecule has 3 fully saturated rings. The fraction of sp³-hybridized carbons (Fsp3) is 0.765. The summed E-state index contributed by atoms with van der Waals surface area (Å²) in [7, 11) is 0. The van der Waals surface area contributed by atoms with E-state index >= 15 is 0 Å². The highest BCUT2D eigenvalue weighted by Crippen LogP contribution is 2.34. The zero-order valence-electron chi connectivity index (χ0n) is 12.7. The molecule has 0 N–H and O–H groups in total. The summed E-state index contributed by atoms with van der Waals surface area (Å²) in [6, 6.07) is 3.92. The summed E-state index contributed by atoms with van der Waals surface area (Å²) in [4.78, 5) is 5.53. The van der Waals surface area contributed by atoms with E-state index in [4.69, 9.17) is 4.74 Å². The molecule has 1 aromatic heterocycles. The third-order valence-electron chi connectivity index (χ3n) is 5.61. The average molecular weight is 306 g/mol. The van der Waals surface area contributed by atoms with Crippen molar-refractivity contribution in [2.24, 2.45) is 5.92 Å². The van der Waals surface area contributed by atoms with Crippen molar-refractivity contribution >= 4 is 11.3 Å². The molecule has 0 aromatic carbocycles. The zero-order valence-corrected chi connectivity index (χ0v) is 13.6. The highest BCUT2D eigenvalue weighted by Gasteiger charge is 2.42. The predicted octanol–water partition coefficient (Wildman–Crippen LogP) is 2.82. The molecule has 0 radical (unpaired) electrons. The minimum Gasteiger partial charge on any atom is -0.381 e. The van der Waals surface area contributed by atoms with Gasteiger partial charge in [0.05, 0.1) is 0 Å². The van der Waals surface area contributed by atoms with Crippen LogP contribution < -0.4 is 0 Å². The summed E-state index contributed by atoms with van der Waals surface area (Å²) in [6.45, 7) is 7.04. The summed E-state index contributed by atoms with van der Waals surface area (Å²) in [6.07, 6.45) is 5.29. The number of hydrogen-bond donors (Lipinski definition) is 0. The first-order chi connectivity index (χ1) is 10.4. The lowest BCUT2D eigenvalue weighted by Crippen LogP contribution is -2.39. The summed E-state index contributed by atoms with van der Waals surface area (Å²) in [5.74, 6) is 0.878. The molecule has 4 heteroatoms. The molecule has 0 bridgehead atoms. The Morgan fingerprint density at radius 3 is 2.57 bits per heavy atom. The van der Waals surface area contributed by atoms with Gasteiger partial charge < -0.3 is 4.74 Å². The first-order valence-electron chi connectivity index (χ1n) is 8.47. The Morgan fingerprint density at radius 2 is 1.81 bits per heavy atom. The Bertz CT molecular complexity index is 444. The molecule has 3 saturated heterocycles. The fourth-order valence-electron chi connectivity index (χ4n) is 4.47. The summed E-state index contributed by atoms with van der Waals surface area (Å²) >= 11 is 1.82. The Kier molecular flexibility index (Phi) is 4.30. The Balaban J connectivity index is 1.34. The first-order valence-corrected chi connectivity index (χ1v) is 9.41. The molecule has 3 nitrogen and oxygen atoms in total. The molecule has 2 atom stereocenters. The van der Waals surface area contributed by atoms with Crippen molar-refractivity contribution in [3.8, 4) is 0 Å². The Hall–Kier alpha value is -0.420. The van der Waals surface area contributed by atoms with Crippen LogP contribution in [0.4, 0.5) is 0 Å². The Labute approximate surface area is 131 Å². The smallest absolute Gasteiger partial charge is 0.0469 e. The fourth-order valence-corrected chi connectivity index (χ4v) is 5.13. The number of likely N-dealkylation sites (tertiary alicyclic amines) is 2. The van der Waals surface area contributed by atoms with E-state index in [1.807, 2.05) is 11.3 Å². The van der Waals surface area contributed by atoms with Gasteiger partial charge in [-0.2, -0.15) is 11.3 Å². The van der Waals surface area contributed by atoms with Gasteiger partial charge in [0.1, 0.15) is 0 Å². The van der Waals surface area contributed by atoms with Gasteiger partial charge in [0.25, 0.3) is 0 Å². The topological polar surface area (TPSA) is 15.7 Å². The van der Waals surface area contributed by atoms with E-state index in [9.17, 15) is 0 Å². The van der Waals surface area contributed by atoms with Crippen molar-refractivity contribution in [1.29, 1.82) is 0 Å². The van der Waals surface area contributed by atoms with E-state index in [1.165, 1.54) is 50.9 Å². The van der Waals surface area contributed by atoms with Crippen LogP contribution in [-0.4, -0.2) is 54.7 Å². The highest BCUT2D eigenvalue weighted by atomic mass is 32.1. The molecule has 0 aliphatic carbocycles. The maximum Gasteiger partial charge on any atom is 0.0469 e. The van der Waals surface area contributed by atoms with Crippen LogP contribution in [0, 0.1) is 5.92 Å². The van der Waals surface area contributed by atoms with E-state index in [0.717, 1.165) is 37.8 Å². The molecule has 3 aliphatic rings. The third kappa shape index (κ3) is 3.04. The van der Waals surface area contributed by atoms with Crippen LogP contribution in [0.3, 0.4) is 0 Å². The number of ether oxygens (including phenoxy) is 1. The quantitative estimate of drug-likeness (QED) is 0.851. The minimum absolute atomic E-state index is 0.810. The molecule has 21 heavy (non-hydrogen) atoms. The van der Waals surface area contributed by atoms with Crippen molar-refractivity contribution in [2.75, 3.05) is 32.8 Å². The molecule has 4 heterocycles. The van der Waals surface area contributed by atoms with Crippen LogP contribution in [-0.2, 0) is 11.3 Å². The van der Waals surface area contributed by atoms with Crippen molar-refractivity contribution in [3.05, 3.63) is 22.4 Å². The van der Waals surface area contributed by atoms with Crippen LogP contribution in [0.15, 0.2) is 16.8 Å². The molecule has 3 aliphatic heterocycles. The van der Waals surface area contributed by atoms with Gasteiger partial charge in [0.15, 0.2) is 0 Å². The normalized spacial score (nSPS) is 31.8. The van der Waals surface area contributed by atoms with Crippen LogP contribution in [0.25, 0.3) is 0 Å². The van der Waals surface area contributed by atoms with Gasteiger partial charge in [-0.1, -0.05) is 0 Å². The standard InChI is InChI=1S/C17H26N2OS/c1-6-18(11-14-3-8-20-9-4-14)16-2-7-19(17(1)16)12-15-5-10-21-13-15/h5,10,13-14,16-17H,1-4,6-9,11-12H2/t16-,17-/m1/s1. The van der Waals surface area contributed by atoms with Gasteiger partial charge in [0.2, 0.25) is 0 Å². The molecule has 1 aromatic rings. The Morgan fingerprint density at radius 1 is 1.05 bits per heavy atom.